The topological polar surface area (TPSA) is 32.3 Å². The van der Waals surface area contributed by atoms with E-state index in [2.05, 4.69) is 5.32 Å². The average molecular weight is 288 g/mol. The second kappa shape index (κ2) is 6.65. The van der Waals surface area contributed by atoms with Gasteiger partial charge in [-0.15, -0.1) is 0 Å². The molecule has 2 nitrogen and oxygen atoms in total. The molecule has 4 heteroatoms. The van der Waals surface area contributed by atoms with Crippen molar-refractivity contribution in [3.05, 3.63) is 28.2 Å². The number of anilines is 1. The summed E-state index contributed by atoms with van der Waals surface area (Å²) >= 11 is 11.9. The van der Waals surface area contributed by atoms with Crippen LogP contribution in [0.5, 0.6) is 0 Å². The van der Waals surface area contributed by atoms with Crippen molar-refractivity contribution in [1.29, 1.82) is 0 Å². The number of hydrogen-bond donors (Lipinski definition) is 2. The lowest BCUT2D eigenvalue weighted by molar-refractivity contribution is 0.155. The molecule has 1 aliphatic rings. The zero-order chi connectivity index (χ0) is 13.0. The van der Waals surface area contributed by atoms with Gasteiger partial charge in [-0.05, 0) is 30.5 Å². The molecule has 100 valence electrons. The van der Waals surface area contributed by atoms with Crippen LogP contribution in [0.3, 0.4) is 0 Å². The summed E-state index contributed by atoms with van der Waals surface area (Å²) < 4.78 is 0. The van der Waals surface area contributed by atoms with E-state index in [1.165, 1.54) is 25.7 Å². The number of nitrogens with one attached hydrogen (secondary N) is 1. The van der Waals surface area contributed by atoms with Gasteiger partial charge in [0.15, 0.2) is 0 Å². The van der Waals surface area contributed by atoms with Gasteiger partial charge < -0.3 is 10.4 Å². The molecule has 2 rings (SSSR count). The van der Waals surface area contributed by atoms with Gasteiger partial charge in [0, 0.05) is 11.6 Å². The van der Waals surface area contributed by atoms with E-state index in [1.54, 1.807) is 12.1 Å². The third-order valence-corrected chi connectivity index (χ3v) is 4.09. The zero-order valence-electron chi connectivity index (χ0n) is 10.3. The van der Waals surface area contributed by atoms with Gasteiger partial charge in [-0.1, -0.05) is 48.9 Å². The first-order valence-corrected chi connectivity index (χ1v) is 7.27. The Kier molecular flexibility index (Phi) is 5.16. The van der Waals surface area contributed by atoms with Gasteiger partial charge in [0.1, 0.15) is 0 Å². The fourth-order valence-electron chi connectivity index (χ4n) is 2.57. The Morgan fingerprint density at radius 1 is 1.28 bits per heavy atom. The van der Waals surface area contributed by atoms with Crippen LogP contribution in [0.25, 0.3) is 0 Å². The highest BCUT2D eigenvalue weighted by Gasteiger charge is 2.18. The van der Waals surface area contributed by atoms with Crippen LogP contribution in [0.2, 0.25) is 10.0 Å². The van der Waals surface area contributed by atoms with E-state index in [4.69, 9.17) is 23.2 Å². The van der Waals surface area contributed by atoms with E-state index in [0.717, 1.165) is 12.1 Å². The molecule has 0 aliphatic heterocycles. The maximum atomic E-state index is 9.98. The summed E-state index contributed by atoms with van der Waals surface area (Å²) in [6.45, 7) is 0.540. The zero-order valence-corrected chi connectivity index (χ0v) is 11.8. The lowest BCUT2D eigenvalue weighted by Crippen LogP contribution is -2.22. The largest absolute Gasteiger partial charge is 0.391 e. The molecule has 0 amide bonds. The highest BCUT2D eigenvalue weighted by atomic mass is 35.5. The lowest BCUT2D eigenvalue weighted by Gasteiger charge is -2.17. The van der Waals surface area contributed by atoms with E-state index in [-0.39, 0.29) is 6.10 Å². The number of rotatable bonds is 5. The molecular formula is C14H19Cl2NO. The molecule has 18 heavy (non-hydrogen) atoms. The standard InChI is InChI=1S/C14H19Cl2NO/c15-11-5-6-14(13(16)8-11)17-9-12(18)7-10-3-1-2-4-10/h5-6,8,10,12,17-18H,1-4,7,9H2. The van der Waals surface area contributed by atoms with Crippen LogP contribution in [0.4, 0.5) is 5.69 Å². The Hall–Kier alpha value is -0.440. The maximum Gasteiger partial charge on any atom is 0.0715 e. The molecule has 0 bridgehead atoms. The summed E-state index contributed by atoms with van der Waals surface area (Å²) in [6, 6.07) is 5.33. The van der Waals surface area contributed by atoms with Gasteiger partial charge in [-0.25, -0.2) is 0 Å². The van der Waals surface area contributed by atoms with Gasteiger partial charge in [0.05, 0.1) is 16.8 Å². The molecule has 1 aromatic carbocycles. The number of aliphatic hydroxyl groups excluding tert-OH is 1. The molecule has 1 unspecified atom stereocenters. The summed E-state index contributed by atoms with van der Waals surface area (Å²) in [5.41, 5.74) is 0.825. The number of hydrogen-bond acceptors (Lipinski definition) is 2. The van der Waals surface area contributed by atoms with Crippen molar-refractivity contribution in [2.75, 3.05) is 11.9 Å². The summed E-state index contributed by atoms with van der Waals surface area (Å²) in [5.74, 6) is 0.697. The number of benzene rings is 1. The first kappa shape index (κ1) is 14.0. The predicted octanol–water partition coefficient (Wildman–Crippen LogP) is 4.35. The number of halogens is 2. The van der Waals surface area contributed by atoms with Crippen LogP contribution < -0.4 is 5.32 Å². The van der Waals surface area contributed by atoms with Crippen LogP contribution in [0.15, 0.2) is 18.2 Å². The fraction of sp³-hybridized carbons (Fsp3) is 0.571. The van der Waals surface area contributed by atoms with Gasteiger partial charge >= 0.3 is 0 Å². The van der Waals surface area contributed by atoms with E-state index in [9.17, 15) is 5.11 Å². The Bertz CT molecular complexity index is 391. The molecule has 0 radical (unpaired) electrons. The Labute approximate surface area is 118 Å². The second-order valence-corrected chi connectivity index (χ2v) is 5.89. The molecular weight excluding hydrogens is 269 g/mol. The van der Waals surface area contributed by atoms with E-state index >= 15 is 0 Å². The Morgan fingerprint density at radius 3 is 2.67 bits per heavy atom. The first-order valence-electron chi connectivity index (χ1n) is 6.52. The summed E-state index contributed by atoms with van der Waals surface area (Å²) in [6.07, 6.45) is 5.73. The average Bonchev–Trinajstić information content (AvgIpc) is 2.80. The minimum absolute atomic E-state index is 0.306. The fourth-order valence-corrected chi connectivity index (χ4v) is 3.05. The minimum Gasteiger partial charge on any atom is -0.391 e. The van der Waals surface area contributed by atoms with Crippen LogP contribution in [-0.4, -0.2) is 17.8 Å². The smallest absolute Gasteiger partial charge is 0.0715 e. The summed E-state index contributed by atoms with van der Waals surface area (Å²) in [5, 5.41) is 14.4. The SMILES string of the molecule is OC(CNc1ccc(Cl)cc1Cl)CC1CCCC1. The second-order valence-electron chi connectivity index (χ2n) is 5.05. The van der Waals surface area contributed by atoms with Crippen LogP contribution in [0, 0.1) is 5.92 Å². The molecule has 1 aromatic rings. The molecule has 1 atom stereocenters. The first-order chi connectivity index (χ1) is 8.65. The van der Waals surface area contributed by atoms with Crippen molar-refractivity contribution in [3.63, 3.8) is 0 Å². The van der Waals surface area contributed by atoms with Crippen molar-refractivity contribution in [2.45, 2.75) is 38.2 Å². The molecule has 0 spiro atoms. The third-order valence-electron chi connectivity index (χ3n) is 3.54. The minimum atomic E-state index is -0.306. The van der Waals surface area contributed by atoms with E-state index < -0.39 is 0 Å². The highest BCUT2D eigenvalue weighted by molar-refractivity contribution is 6.36. The molecule has 1 fully saturated rings. The highest BCUT2D eigenvalue weighted by Crippen LogP contribution is 2.29. The normalized spacial score (nSPS) is 17.9. The molecule has 0 heterocycles. The number of aliphatic hydroxyl groups is 1. The monoisotopic (exact) mass is 287 g/mol. The van der Waals surface area contributed by atoms with E-state index in [1.807, 2.05) is 6.07 Å². The summed E-state index contributed by atoms with van der Waals surface area (Å²) in [4.78, 5) is 0. The summed E-state index contributed by atoms with van der Waals surface area (Å²) in [7, 11) is 0. The van der Waals surface area contributed by atoms with Crippen molar-refractivity contribution >= 4 is 28.9 Å². The van der Waals surface area contributed by atoms with Crippen molar-refractivity contribution < 1.29 is 5.11 Å². The van der Waals surface area contributed by atoms with Crippen molar-refractivity contribution in [1.82, 2.24) is 0 Å². The molecule has 2 N–H and O–H groups in total. The maximum absolute atomic E-state index is 9.98. The van der Waals surface area contributed by atoms with Crippen LogP contribution >= 0.6 is 23.2 Å². The van der Waals surface area contributed by atoms with Gasteiger partial charge in [0.2, 0.25) is 0 Å². The van der Waals surface area contributed by atoms with Crippen molar-refractivity contribution in [3.8, 4) is 0 Å². The van der Waals surface area contributed by atoms with E-state index in [0.29, 0.717) is 22.5 Å². The lowest BCUT2D eigenvalue weighted by atomic mass is 10.00. The third kappa shape index (κ3) is 4.04. The van der Waals surface area contributed by atoms with Crippen LogP contribution in [-0.2, 0) is 0 Å². The quantitative estimate of drug-likeness (QED) is 0.844. The Balaban J connectivity index is 1.79. The molecule has 0 saturated heterocycles. The molecule has 1 aliphatic carbocycles. The van der Waals surface area contributed by atoms with Gasteiger partial charge in [-0.3, -0.25) is 0 Å². The van der Waals surface area contributed by atoms with Crippen molar-refractivity contribution in [2.24, 2.45) is 5.92 Å². The van der Waals surface area contributed by atoms with Gasteiger partial charge in [0.25, 0.3) is 0 Å². The molecule has 0 aromatic heterocycles. The Morgan fingerprint density at radius 2 is 2.00 bits per heavy atom. The van der Waals surface area contributed by atoms with Gasteiger partial charge in [-0.2, -0.15) is 0 Å². The van der Waals surface area contributed by atoms with Crippen LogP contribution in [0.1, 0.15) is 32.1 Å². The predicted molar refractivity (Wildman–Crippen MR) is 77.5 cm³/mol. The molecule has 1 saturated carbocycles.